The minimum absolute atomic E-state index is 0.0413. The summed E-state index contributed by atoms with van der Waals surface area (Å²) in [4.78, 5) is 24.0. The summed E-state index contributed by atoms with van der Waals surface area (Å²) in [5, 5.41) is 0.103. The summed E-state index contributed by atoms with van der Waals surface area (Å²) < 4.78 is 24.3. The van der Waals surface area contributed by atoms with Crippen molar-refractivity contribution >= 4 is 28.6 Å². The molecule has 1 aromatic carbocycles. The quantitative estimate of drug-likeness (QED) is 0.222. The van der Waals surface area contributed by atoms with E-state index in [0.29, 0.717) is 19.3 Å². The lowest BCUT2D eigenvalue weighted by Crippen LogP contribution is -2.45. The van der Waals surface area contributed by atoms with Gasteiger partial charge in [0.25, 0.3) is 16.6 Å². The topological polar surface area (TPSA) is 71.1 Å². The molecule has 0 unspecified atom stereocenters. The fraction of sp³-hybridized carbons (Fsp3) is 0.655. The third-order valence-corrected chi connectivity index (χ3v) is 16.5. The summed E-state index contributed by atoms with van der Waals surface area (Å²) in [5.74, 6) is 0.945. The number of ether oxygens (including phenoxy) is 2. The van der Waals surface area contributed by atoms with Crippen LogP contribution in [0.25, 0.3) is 0 Å². The van der Waals surface area contributed by atoms with E-state index in [1.165, 1.54) is 6.08 Å². The van der Waals surface area contributed by atoms with Gasteiger partial charge >= 0.3 is 11.9 Å². The van der Waals surface area contributed by atoms with Crippen LogP contribution in [0.3, 0.4) is 0 Å². The normalized spacial score (nSPS) is 17.7. The summed E-state index contributed by atoms with van der Waals surface area (Å²) in [6, 6.07) is 6.05. The Morgan fingerprint density at radius 3 is 2.11 bits per heavy atom. The van der Waals surface area contributed by atoms with Crippen molar-refractivity contribution in [3.63, 3.8) is 0 Å². The molecule has 6 nitrogen and oxygen atoms in total. The van der Waals surface area contributed by atoms with Crippen LogP contribution in [0.15, 0.2) is 30.4 Å². The molecule has 1 aromatic rings. The van der Waals surface area contributed by atoms with Crippen molar-refractivity contribution in [2.75, 3.05) is 0 Å². The first-order chi connectivity index (χ1) is 16.8. The van der Waals surface area contributed by atoms with Gasteiger partial charge in [0.2, 0.25) is 0 Å². The number of cyclic esters (lactones) is 1. The standard InChI is InChI=1S/C29H48O6Si2/c1-21(19-23-13-12-14-26(30)33-23)32-27(31)18-16-22-15-17-24(34-36(8,9)28(2,3)4)25(20-22)35-37(10,11)29(5,6)7/h12,14-15,17,20-21,23H,13,16,18-19H2,1-11H3/t21-,23+/m1/s1. The molecule has 0 N–H and O–H groups in total. The Labute approximate surface area is 226 Å². The first-order valence-corrected chi connectivity index (χ1v) is 19.2. The second kappa shape index (κ2) is 11.8. The highest BCUT2D eigenvalue weighted by molar-refractivity contribution is 6.75. The van der Waals surface area contributed by atoms with Crippen LogP contribution in [-0.4, -0.2) is 40.8 Å². The van der Waals surface area contributed by atoms with E-state index in [9.17, 15) is 9.59 Å². The number of carbonyl (C=O) groups excluding carboxylic acids is 2. The maximum absolute atomic E-state index is 12.6. The van der Waals surface area contributed by atoms with Crippen molar-refractivity contribution in [2.45, 2.75) is 123 Å². The van der Waals surface area contributed by atoms with Gasteiger partial charge in [0, 0.05) is 25.3 Å². The SMILES string of the molecule is C[C@H](C[C@@H]1CC=CC(=O)O1)OC(=O)CCc1ccc(O[Si](C)(C)C(C)(C)C)c(O[Si](C)(C)C(C)(C)C)c1. The average Bonchev–Trinajstić information content (AvgIpc) is 2.71. The van der Waals surface area contributed by atoms with Crippen molar-refractivity contribution in [3.05, 3.63) is 35.9 Å². The summed E-state index contributed by atoms with van der Waals surface area (Å²) in [7, 11) is -4.18. The smallest absolute Gasteiger partial charge is 0.330 e. The number of carbonyl (C=O) groups is 2. The van der Waals surface area contributed by atoms with Crippen molar-refractivity contribution in [1.29, 1.82) is 0 Å². The molecule has 0 aliphatic carbocycles. The molecule has 0 radical (unpaired) electrons. The number of benzene rings is 1. The van der Waals surface area contributed by atoms with Gasteiger partial charge < -0.3 is 18.3 Å². The molecule has 1 aliphatic rings. The zero-order chi connectivity index (χ0) is 28.2. The van der Waals surface area contributed by atoms with Crippen LogP contribution >= 0.6 is 0 Å². The molecule has 2 atom stereocenters. The Morgan fingerprint density at radius 1 is 1.00 bits per heavy atom. The van der Waals surface area contributed by atoms with Crippen LogP contribution in [0, 0.1) is 0 Å². The Morgan fingerprint density at radius 2 is 1.57 bits per heavy atom. The molecule has 0 fully saturated rings. The first-order valence-electron chi connectivity index (χ1n) is 13.4. The van der Waals surface area contributed by atoms with Gasteiger partial charge in [-0.25, -0.2) is 4.79 Å². The number of esters is 2. The van der Waals surface area contributed by atoms with E-state index in [0.717, 1.165) is 17.1 Å². The Hall–Kier alpha value is -2.07. The third-order valence-electron chi connectivity index (χ3n) is 7.83. The summed E-state index contributed by atoms with van der Waals surface area (Å²) in [6.45, 7) is 24.1. The van der Waals surface area contributed by atoms with Crippen LogP contribution in [0.4, 0.5) is 0 Å². The minimum atomic E-state index is -2.11. The first kappa shape index (κ1) is 31.2. The van der Waals surface area contributed by atoms with Gasteiger partial charge in [-0.2, -0.15) is 0 Å². The molecule has 0 amide bonds. The van der Waals surface area contributed by atoms with Gasteiger partial charge in [0.05, 0.1) is 0 Å². The zero-order valence-corrected chi connectivity index (χ0v) is 26.8. The molecule has 37 heavy (non-hydrogen) atoms. The van der Waals surface area contributed by atoms with Crippen LogP contribution in [-0.2, 0) is 25.5 Å². The van der Waals surface area contributed by atoms with Crippen LogP contribution in [0.5, 0.6) is 11.5 Å². The second-order valence-corrected chi connectivity index (χ2v) is 22.7. The van der Waals surface area contributed by atoms with Gasteiger partial charge in [-0.05, 0) is 67.3 Å². The van der Waals surface area contributed by atoms with Crippen molar-refractivity contribution < 1.29 is 27.9 Å². The Kier molecular flexibility index (Phi) is 9.91. The summed E-state index contributed by atoms with van der Waals surface area (Å²) in [5.41, 5.74) is 1.01. The molecule has 0 bridgehead atoms. The van der Waals surface area contributed by atoms with E-state index in [1.54, 1.807) is 6.08 Å². The predicted molar refractivity (Wildman–Crippen MR) is 154 cm³/mol. The second-order valence-electron chi connectivity index (χ2n) is 13.2. The van der Waals surface area contributed by atoms with Crippen molar-refractivity contribution in [1.82, 2.24) is 0 Å². The van der Waals surface area contributed by atoms with Gasteiger partial charge in [0.15, 0.2) is 0 Å². The number of rotatable bonds is 10. The van der Waals surface area contributed by atoms with Gasteiger partial charge in [-0.3, -0.25) is 4.79 Å². The van der Waals surface area contributed by atoms with E-state index in [4.69, 9.17) is 18.3 Å². The van der Waals surface area contributed by atoms with Gasteiger partial charge in [-0.15, -0.1) is 0 Å². The fourth-order valence-electron chi connectivity index (χ4n) is 3.39. The van der Waals surface area contributed by atoms with Crippen molar-refractivity contribution in [3.8, 4) is 11.5 Å². The molecule has 1 heterocycles. The maximum Gasteiger partial charge on any atom is 0.330 e. The molecular weight excluding hydrogens is 500 g/mol. The maximum atomic E-state index is 12.6. The molecule has 0 aromatic heterocycles. The summed E-state index contributed by atoms with van der Waals surface area (Å²) in [6.07, 6.45) is 4.60. The number of aryl methyl sites for hydroxylation is 1. The third kappa shape index (κ3) is 9.02. The lowest BCUT2D eigenvalue weighted by atomic mass is 10.1. The van der Waals surface area contributed by atoms with Crippen LogP contribution < -0.4 is 8.85 Å². The molecule has 0 spiro atoms. The lowest BCUT2D eigenvalue weighted by molar-refractivity contribution is -0.152. The molecule has 0 saturated heterocycles. The van der Waals surface area contributed by atoms with Crippen LogP contribution in [0.1, 0.15) is 73.3 Å². The monoisotopic (exact) mass is 548 g/mol. The predicted octanol–water partition coefficient (Wildman–Crippen LogP) is 7.58. The fourth-order valence-corrected chi connectivity index (χ4v) is 5.43. The molecule has 0 saturated carbocycles. The van der Waals surface area contributed by atoms with E-state index < -0.39 is 16.6 Å². The molecule has 1 aliphatic heterocycles. The molecule has 208 valence electrons. The highest BCUT2D eigenvalue weighted by atomic mass is 28.4. The lowest BCUT2D eigenvalue weighted by Gasteiger charge is -2.39. The Bertz CT molecular complexity index is 985. The van der Waals surface area contributed by atoms with E-state index in [-0.39, 0.29) is 40.6 Å². The van der Waals surface area contributed by atoms with Crippen LogP contribution in [0.2, 0.25) is 36.3 Å². The van der Waals surface area contributed by atoms with Crippen molar-refractivity contribution in [2.24, 2.45) is 0 Å². The molecule has 2 rings (SSSR count). The van der Waals surface area contributed by atoms with E-state index >= 15 is 0 Å². The van der Waals surface area contributed by atoms with Gasteiger partial charge in [-0.1, -0.05) is 53.7 Å². The average molecular weight is 549 g/mol. The van der Waals surface area contributed by atoms with E-state index in [1.807, 2.05) is 25.1 Å². The molecular formula is C29H48O6Si2. The van der Waals surface area contributed by atoms with E-state index in [2.05, 4.69) is 67.7 Å². The zero-order valence-electron chi connectivity index (χ0n) is 24.8. The molecule has 8 heteroatoms. The summed E-state index contributed by atoms with van der Waals surface area (Å²) >= 11 is 0. The number of hydrogen-bond donors (Lipinski definition) is 0. The Balaban J connectivity index is 2.12. The highest BCUT2D eigenvalue weighted by Gasteiger charge is 2.42. The number of hydrogen-bond acceptors (Lipinski definition) is 6. The van der Waals surface area contributed by atoms with Gasteiger partial charge in [0.1, 0.15) is 23.7 Å². The largest absolute Gasteiger partial charge is 0.541 e. The minimum Gasteiger partial charge on any atom is -0.541 e. The highest BCUT2D eigenvalue weighted by Crippen LogP contribution is 2.43.